The summed E-state index contributed by atoms with van der Waals surface area (Å²) in [6, 6.07) is 5.71. The molecule has 1 fully saturated rings. The van der Waals surface area contributed by atoms with Crippen molar-refractivity contribution in [3.05, 3.63) is 30.1 Å². The van der Waals surface area contributed by atoms with Gasteiger partial charge in [-0.1, -0.05) is 6.07 Å². The lowest BCUT2D eigenvalue weighted by atomic mass is 10.2. The van der Waals surface area contributed by atoms with Crippen LogP contribution in [0, 0.1) is 0 Å². The lowest BCUT2D eigenvalue weighted by Gasteiger charge is -2.20. The summed E-state index contributed by atoms with van der Waals surface area (Å²) in [5, 5.41) is 0. The van der Waals surface area contributed by atoms with Crippen LogP contribution < -0.4 is 5.73 Å². The molecule has 0 aliphatic carbocycles. The summed E-state index contributed by atoms with van der Waals surface area (Å²) in [7, 11) is 0. The fraction of sp³-hybridized carbons (Fsp3) is 0.455. The number of hydrogen-bond acceptors (Lipinski definition) is 3. The Morgan fingerprint density at radius 3 is 3.13 bits per heavy atom. The van der Waals surface area contributed by atoms with Crippen molar-refractivity contribution in [2.24, 2.45) is 5.73 Å². The van der Waals surface area contributed by atoms with E-state index in [1.54, 1.807) is 6.20 Å². The minimum atomic E-state index is -0.219. The maximum absolute atomic E-state index is 11.2. The van der Waals surface area contributed by atoms with Gasteiger partial charge in [0.2, 0.25) is 5.91 Å². The van der Waals surface area contributed by atoms with Crippen LogP contribution in [-0.4, -0.2) is 28.4 Å². The van der Waals surface area contributed by atoms with Crippen molar-refractivity contribution in [1.29, 1.82) is 0 Å². The molecule has 15 heavy (non-hydrogen) atoms. The summed E-state index contributed by atoms with van der Waals surface area (Å²) in [4.78, 5) is 17.5. The van der Waals surface area contributed by atoms with Crippen molar-refractivity contribution in [2.45, 2.75) is 25.4 Å². The number of carbonyl (C=O) groups excluding carboxylic acids is 1. The topological polar surface area (TPSA) is 59.2 Å². The molecule has 80 valence electrons. The smallest absolute Gasteiger partial charge is 0.234 e. The molecule has 4 heteroatoms. The van der Waals surface area contributed by atoms with Gasteiger partial charge in [0, 0.05) is 12.7 Å². The molecule has 2 rings (SSSR count). The first kappa shape index (κ1) is 10.1. The van der Waals surface area contributed by atoms with Gasteiger partial charge in [0.25, 0.3) is 0 Å². The molecule has 4 nitrogen and oxygen atoms in total. The molecular weight excluding hydrogens is 190 g/mol. The molecule has 1 aromatic rings. The van der Waals surface area contributed by atoms with Crippen molar-refractivity contribution in [2.75, 3.05) is 6.54 Å². The second kappa shape index (κ2) is 4.40. The second-order valence-corrected chi connectivity index (χ2v) is 3.85. The number of aromatic nitrogens is 1. The highest BCUT2D eigenvalue weighted by Gasteiger charge is 2.28. The lowest BCUT2D eigenvalue weighted by molar-refractivity contribution is -0.122. The first-order chi connectivity index (χ1) is 7.27. The monoisotopic (exact) mass is 205 g/mol. The standard InChI is InChI=1S/C11H15N3O/c12-11(15)10-5-3-7-14(10)8-9-4-1-2-6-13-9/h1-2,4,6,10H,3,5,7-8H2,(H2,12,15)/t10-/m0/s1. The van der Waals surface area contributed by atoms with Gasteiger partial charge in [0.05, 0.1) is 11.7 Å². The van der Waals surface area contributed by atoms with Gasteiger partial charge in [-0.15, -0.1) is 0 Å². The van der Waals surface area contributed by atoms with Crippen LogP contribution in [0.25, 0.3) is 0 Å². The van der Waals surface area contributed by atoms with Gasteiger partial charge in [0.15, 0.2) is 0 Å². The first-order valence-electron chi connectivity index (χ1n) is 5.20. The van der Waals surface area contributed by atoms with Gasteiger partial charge < -0.3 is 5.73 Å². The van der Waals surface area contributed by atoms with E-state index < -0.39 is 0 Å². The van der Waals surface area contributed by atoms with Crippen molar-refractivity contribution in [3.8, 4) is 0 Å². The number of amides is 1. The number of nitrogens with zero attached hydrogens (tertiary/aromatic N) is 2. The first-order valence-corrected chi connectivity index (χ1v) is 5.20. The van der Waals surface area contributed by atoms with Gasteiger partial charge in [0.1, 0.15) is 0 Å². The molecule has 0 bridgehead atoms. The summed E-state index contributed by atoms with van der Waals surface area (Å²) >= 11 is 0. The Bertz CT molecular complexity index is 339. The third-order valence-electron chi connectivity index (χ3n) is 2.78. The molecular formula is C11H15N3O. The van der Waals surface area contributed by atoms with Crippen LogP contribution in [0.2, 0.25) is 0 Å². The maximum atomic E-state index is 11.2. The van der Waals surface area contributed by atoms with Crippen molar-refractivity contribution in [1.82, 2.24) is 9.88 Å². The molecule has 1 aliphatic rings. The Hall–Kier alpha value is -1.42. The minimum absolute atomic E-state index is 0.105. The van der Waals surface area contributed by atoms with Crippen LogP contribution in [0.5, 0.6) is 0 Å². The van der Waals surface area contributed by atoms with Gasteiger partial charge in [-0.2, -0.15) is 0 Å². The average Bonchev–Trinajstić information content (AvgIpc) is 2.67. The van der Waals surface area contributed by atoms with E-state index in [2.05, 4.69) is 9.88 Å². The fourth-order valence-corrected chi connectivity index (χ4v) is 2.04. The third-order valence-corrected chi connectivity index (χ3v) is 2.78. The van der Waals surface area contributed by atoms with E-state index in [1.165, 1.54) is 0 Å². The molecule has 2 heterocycles. The van der Waals surface area contributed by atoms with Crippen LogP contribution >= 0.6 is 0 Å². The number of carbonyl (C=O) groups is 1. The average molecular weight is 205 g/mol. The zero-order chi connectivity index (χ0) is 10.7. The van der Waals surface area contributed by atoms with Crippen molar-refractivity contribution in [3.63, 3.8) is 0 Å². The summed E-state index contributed by atoms with van der Waals surface area (Å²) in [5.41, 5.74) is 6.33. The lowest BCUT2D eigenvalue weighted by Crippen LogP contribution is -2.39. The fourth-order valence-electron chi connectivity index (χ4n) is 2.04. The number of rotatable bonds is 3. The SMILES string of the molecule is NC(=O)[C@@H]1CCCN1Cc1ccccn1. The molecule has 0 unspecified atom stereocenters. The third kappa shape index (κ3) is 2.33. The van der Waals surface area contributed by atoms with Crippen LogP contribution in [-0.2, 0) is 11.3 Å². The highest BCUT2D eigenvalue weighted by molar-refractivity contribution is 5.80. The molecule has 0 saturated carbocycles. The predicted molar refractivity (Wildman–Crippen MR) is 56.9 cm³/mol. The zero-order valence-corrected chi connectivity index (χ0v) is 8.60. The molecule has 2 N–H and O–H groups in total. The van der Waals surface area contributed by atoms with E-state index in [1.807, 2.05) is 18.2 Å². The van der Waals surface area contributed by atoms with E-state index in [-0.39, 0.29) is 11.9 Å². The van der Waals surface area contributed by atoms with Crippen molar-refractivity contribution < 1.29 is 4.79 Å². The number of likely N-dealkylation sites (tertiary alicyclic amines) is 1. The van der Waals surface area contributed by atoms with Crippen molar-refractivity contribution >= 4 is 5.91 Å². The molecule has 1 aliphatic heterocycles. The molecule has 1 aromatic heterocycles. The maximum Gasteiger partial charge on any atom is 0.234 e. The molecule has 0 aromatic carbocycles. The van der Waals surface area contributed by atoms with Gasteiger partial charge in [-0.25, -0.2) is 0 Å². The largest absolute Gasteiger partial charge is 0.368 e. The second-order valence-electron chi connectivity index (χ2n) is 3.85. The number of hydrogen-bond donors (Lipinski definition) is 1. The van der Waals surface area contributed by atoms with Crippen LogP contribution in [0.15, 0.2) is 24.4 Å². The van der Waals surface area contributed by atoms with E-state index in [0.717, 1.165) is 25.1 Å². The highest BCUT2D eigenvalue weighted by atomic mass is 16.1. The van der Waals surface area contributed by atoms with Gasteiger partial charge in [-0.3, -0.25) is 14.7 Å². The quantitative estimate of drug-likeness (QED) is 0.783. The van der Waals surface area contributed by atoms with Gasteiger partial charge >= 0.3 is 0 Å². The van der Waals surface area contributed by atoms with Crippen LogP contribution in [0.4, 0.5) is 0 Å². The van der Waals surface area contributed by atoms with Crippen LogP contribution in [0.3, 0.4) is 0 Å². The summed E-state index contributed by atoms with van der Waals surface area (Å²) in [6.45, 7) is 1.65. The van der Waals surface area contributed by atoms with E-state index in [0.29, 0.717) is 6.54 Å². The highest BCUT2D eigenvalue weighted by Crippen LogP contribution is 2.18. The Morgan fingerprint density at radius 1 is 1.60 bits per heavy atom. The minimum Gasteiger partial charge on any atom is -0.368 e. The van der Waals surface area contributed by atoms with E-state index in [4.69, 9.17) is 5.73 Å². The van der Waals surface area contributed by atoms with Gasteiger partial charge in [-0.05, 0) is 31.5 Å². The molecule has 0 radical (unpaired) electrons. The Morgan fingerprint density at radius 2 is 2.47 bits per heavy atom. The number of nitrogens with two attached hydrogens (primary N) is 1. The number of pyridine rings is 1. The Kier molecular flexibility index (Phi) is 2.97. The molecule has 1 amide bonds. The van der Waals surface area contributed by atoms with E-state index in [9.17, 15) is 4.79 Å². The Balaban J connectivity index is 2.03. The zero-order valence-electron chi connectivity index (χ0n) is 8.60. The van der Waals surface area contributed by atoms with Crippen LogP contribution in [0.1, 0.15) is 18.5 Å². The normalized spacial score (nSPS) is 21.7. The van der Waals surface area contributed by atoms with E-state index >= 15 is 0 Å². The Labute approximate surface area is 89.1 Å². The summed E-state index contributed by atoms with van der Waals surface area (Å²) < 4.78 is 0. The predicted octanol–water partition coefficient (Wildman–Crippen LogP) is 0.531. The molecule has 1 saturated heterocycles. The number of primary amides is 1. The molecule has 1 atom stereocenters. The molecule has 0 spiro atoms. The summed E-state index contributed by atoms with van der Waals surface area (Å²) in [6.07, 6.45) is 3.69. The summed E-state index contributed by atoms with van der Waals surface area (Å²) in [5.74, 6) is -0.219.